The van der Waals surface area contributed by atoms with Crippen LogP contribution < -0.4 is 11.1 Å². The van der Waals surface area contributed by atoms with Gasteiger partial charge < -0.3 is 5.73 Å². The van der Waals surface area contributed by atoms with Crippen molar-refractivity contribution < 1.29 is 4.79 Å². The summed E-state index contributed by atoms with van der Waals surface area (Å²) in [5.41, 5.74) is 6.08. The lowest BCUT2D eigenvalue weighted by molar-refractivity contribution is -0.122. The van der Waals surface area contributed by atoms with Gasteiger partial charge in [0.1, 0.15) is 0 Å². The second kappa shape index (κ2) is 4.20. The first kappa shape index (κ1) is 11.4. The van der Waals surface area contributed by atoms with Crippen molar-refractivity contribution >= 4 is 11.9 Å². The normalized spacial score (nSPS) is 21.9. The van der Waals surface area contributed by atoms with E-state index in [1.165, 1.54) is 0 Å². The number of nitrogens with two attached hydrogens (primary N) is 1. The molecule has 3 rings (SSSR count). The average Bonchev–Trinajstić information content (AvgIpc) is 2.76. The molecule has 0 fully saturated rings. The second-order valence-electron chi connectivity index (χ2n) is 4.26. The van der Waals surface area contributed by atoms with E-state index in [2.05, 4.69) is 15.3 Å². The molecule has 2 heterocycles. The zero-order valence-corrected chi connectivity index (χ0v) is 10.1. The predicted molar refractivity (Wildman–Crippen MR) is 71.2 cm³/mol. The monoisotopic (exact) mass is 252 g/mol. The van der Waals surface area contributed by atoms with Gasteiger partial charge in [-0.05, 0) is 23.3 Å². The number of hydrogen-bond donors (Lipinski definition) is 2. The first-order chi connectivity index (χ1) is 9.23. The van der Waals surface area contributed by atoms with Crippen LogP contribution in [-0.2, 0) is 10.3 Å². The van der Waals surface area contributed by atoms with Gasteiger partial charge in [0.25, 0.3) is 5.91 Å². The number of carbonyl (C=O) groups is 1. The van der Waals surface area contributed by atoms with Gasteiger partial charge in [0.05, 0.1) is 0 Å². The Kier molecular flexibility index (Phi) is 2.52. The van der Waals surface area contributed by atoms with E-state index in [1.807, 2.05) is 30.3 Å². The standard InChI is InChI=1S/C14H12N4O/c15-13-17-12(19)14(18-13,10-4-2-1-3-5-10)11-6-8-16-9-7-11/h1-9H,(H3,15,17,18,19). The number of carbonyl (C=O) groups excluding carboxylic acids is 1. The van der Waals surface area contributed by atoms with Crippen LogP contribution in [0.25, 0.3) is 0 Å². The summed E-state index contributed by atoms with van der Waals surface area (Å²) in [6, 6.07) is 12.9. The first-order valence-electron chi connectivity index (χ1n) is 5.86. The van der Waals surface area contributed by atoms with Crippen molar-refractivity contribution in [3.63, 3.8) is 0 Å². The van der Waals surface area contributed by atoms with Crippen molar-refractivity contribution in [2.75, 3.05) is 0 Å². The largest absolute Gasteiger partial charge is 0.370 e. The highest BCUT2D eigenvalue weighted by Gasteiger charge is 2.46. The van der Waals surface area contributed by atoms with Crippen molar-refractivity contribution in [2.24, 2.45) is 10.7 Å². The quantitative estimate of drug-likeness (QED) is 0.828. The van der Waals surface area contributed by atoms with Crippen LogP contribution in [0.3, 0.4) is 0 Å². The number of rotatable bonds is 2. The number of aliphatic imine (C=N–C) groups is 1. The van der Waals surface area contributed by atoms with E-state index in [0.717, 1.165) is 11.1 Å². The molecule has 0 aliphatic carbocycles. The van der Waals surface area contributed by atoms with E-state index in [4.69, 9.17) is 5.73 Å². The molecule has 0 radical (unpaired) electrons. The van der Waals surface area contributed by atoms with Crippen molar-refractivity contribution in [1.29, 1.82) is 0 Å². The van der Waals surface area contributed by atoms with Crippen LogP contribution in [0.4, 0.5) is 0 Å². The molecule has 0 spiro atoms. The Bertz CT molecular complexity index is 598. The third-order valence-electron chi connectivity index (χ3n) is 3.15. The molecule has 5 nitrogen and oxygen atoms in total. The van der Waals surface area contributed by atoms with E-state index in [0.29, 0.717) is 0 Å². The second-order valence-corrected chi connectivity index (χ2v) is 4.26. The van der Waals surface area contributed by atoms with Crippen LogP contribution in [0.15, 0.2) is 59.9 Å². The molecule has 1 aromatic heterocycles. The third kappa shape index (κ3) is 1.67. The summed E-state index contributed by atoms with van der Waals surface area (Å²) in [6.45, 7) is 0. The van der Waals surface area contributed by atoms with Crippen LogP contribution in [0.5, 0.6) is 0 Å². The molecular weight excluding hydrogens is 240 g/mol. The fourth-order valence-electron chi connectivity index (χ4n) is 2.30. The Morgan fingerprint density at radius 1 is 1.00 bits per heavy atom. The van der Waals surface area contributed by atoms with Gasteiger partial charge in [0.15, 0.2) is 11.5 Å². The number of nitrogens with one attached hydrogen (secondary N) is 1. The van der Waals surface area contributed by atoms with Gasteiger partial charge in [0.2, 0.25) is 0 Å². The fourth-order valence-corrected chi connectivity index (χ4v) is 2.30. The Labute approximate surface area is 110 Å². The lowest BCUT2D eigenvalue weighted by atomic mass is 9.83. The average molecular weight is 252 g/mol. The number of hydrogen-bond acceptors (Lipinski definition) is 4. The minimum Gasteiger partial charge on any atom is -0.370 e. The van der Waals surface area contributed by atoms with Gasteiger partial charge >= 0.3 is 0 Å². The van der Waals surface area contributed by atoms with E-state index in [-0.39, 0.29) is 11.9 Å². The zero-order chi connectivity index (χ0) is 13.3. The maximum atomic E-state index is 12.4. The summed E-state index contributed by atoms with van der Waals surface area (Å²) < 4.78 is 0. The number of pyridine rings is 1. The van der Waals surface area contributed by atoms with E-state index in [1.54, 1.807) is 24.5 Å². The topological polar surface area (TPSA) is 80.4 Å². The SMILES string of the molecule is NC1=NC(c2ccccc2)(c2ccncc2)C(=O)N1. The highest BCUT2D eigenvalue weighted by molar-refractivity contribution is 6.09. The van der Waals surface area contributed by atoms with Gasteiger partial charge in [-0.3, -0.25) is 15.1 Å². The number of aromatic nitrogens is 1. The molecule has 1 atom stereocenters. The van der Waals surface area contributed by atoms with Gasteiger partial charge in [-0.15, -0.1) is 0 Å². The minimum absolute atomic E-state index is 0.130. The van der Waals surface area contributed by atoms with E-state index in [9.17, 15) is 4.79 Å². The van der Waals surface area contributed by atoms with Crippen LogP contribution in [0, 0.1) is 0 Å². The molecule has 1 amide bonds. The molecule has 19 heavy (non-hydrogen) atoms. The van der Waals surface area contributed by atoms with Crippen LogP contribution in [0.2, 0.25) is 0 Å². The number of guanidine groups is 1. The third-order valence-corrected chi connectivity index (χ3v) is 3.15. The maximum Gasteiger partial charge on any atom is 0.263 e. The van der Waals surface area contributed by atoms with Crippen molar-refractivity contribution in [3.05, 3.63) is 66.0 Å². The Hall–Kier alpha value is -2.69. The van der Waals surface area contributed by atoms with Gasteiger partial charge in [0, 0.05) is 12.4 Å². The number of amides is 1. The molecule has 1 unspecified atom stereocenters. The summed E-state index contributed by atoms with van der Waals surface area (Å²) in [4.78, 5) is 20.7. The number of benzene rings is 1. The lowest BCUT2D eigenvalue weighted by Gasteiger charge is -2.24. The smallest absolute Gasteiger partial charge is 0.263 e. The molecule has 94 valence electrons. The summed E-state index contributed by atoms with van der Waals surface area (Å²) in [7, 11) is 0. The number of nitrogens with zero attached hydrogens (tertiary/aromatic N) is 2. The van der Waals surface area contributed by atoms with Crippen LogP contribution in [-0.4, -0.2) is 16.9 Å². The minimum atomic E-state index is -1.12. The Morgan fingerprint density at radius 2 is 1.63 bits per heavy atom. The predicted octanol–water partition coefficient (Wildman–Crippen LogP) is 0.770. The van der Waals surface area contributed by atoms with Gasteiger partial charge in [-0.2, -0.15) is 0 Å². The molecule has 3 N–H and O–H groups in total. The molecule has 0 bridgehead atoms. The Morgan fingerprint density at radius 3 is 2.21 bits per heavy atom. The molecule has 5 heteroatoms. The van der Waals surface area contributed by atoms with Gasteiger partial charge in [-0.1, -0.05) is 30.3 Å². The highest BCUT2D eigenvalue weighted by atomic mass is 16.2. The van der Waals surface area contributed by atoms with Gasteiger partial charge in [-0.25, -0.2) is 4.99 Å². The maximum absolute atomic E-state index is 12.4. The van der Waals surface area contributed by atoms with Crippen LogP contribution in [0.1, 0.15) is 11.1 Å². The summed E-state index contributed by atoms with van der Waals surface area (Å²) in [5, 5.41) is 2.57. The molecular formula is C14H12N4O. The summed E-state index contributed by atoms with van der Waals surface area (Å²) >= 11 is 0. The summed E-state index contributed by atoms with van der Waals surface area (Å²) in [6.07, 6.45) is 3.27. The zero-order valence-electron chi connectivity index (χ0n) is 10.1. The summed E-state index contributed by atoms with van der Waals surface area (Å²) in [5.74, 6) is -0.118. The van der Waals surface area contributed by atoms with E-state index >= 15 is 0 Å². The van der Waals surface area contributed by atoms with E-state index < -0.39 is 5.54 Å². The first-order valence-corrected chi connectivity index (χ1v) is 5.86. The molecule has 1 aliphatic heterocycles. The van der Waals surface area contributed by atoms with Crippen molar-refractivity contribution in [1.82, 2.24) is 10.3 Å². The molecule has 2 aromatic rings. The molecule has 1 aliphatic rings. The van der Waals surface area contributed by atoms with Crippen molar-refractivity contribution in [2.45, 2.75) is 5.54 Å². The lowest BCUT2D eigenvalue weighted by Crippen LogP contribution is -2.39. The van der Waals surface area contributed by atoms with Crippen LogP contribution >= 0.6 is 0 Å². The molecule has 0 saturated heterocycles. The molecule has 0 saturated carbocycles. The molecule has 1 aromatic carbocycles. The highest BCUT2D eigenvalue weighted by Crippen LogP contribution is 2.36. The van der Waals surface area contributed by atoms with Crippen molar-refractivity contribution in [3.8, 4) is 0 Å². The Balaban J connectivity index is 2.26. The fraction of sp³-hybridized carbons (Fsp3) is 0.0714.